The minimum Gasteiger partial charge on any atom is -0.289 e. The second kappa shape index (κ2) is 12.5. The molecule has 0 saturated heterocycles. The van der Waals surface area contributed by atoms with Gasteiger partial charge >= 0.3 is 0 Å². The first-order valence-corrected chi connectivity index (χ1v) is 13.3. The number of hydrogen-bond acceptors (Lipinski definition) is 10. The highest BCUT2D eigenvalue weighted by Crippen LogP contribution is 2.11. The Balaban J connectivity index is 4.34. The Kier molecular flexibility index (Phi) is 12.5. The van der Waals surface area contributed by atoms with Crippen molar-refractivity contribution in [1.82, 2.24) is 0 Å². The van der Waals surface area contributed by atoms with E-state index >= 15 is 0 Å². The second-order valence-electron chi connectivity index (χ2n) is 4.89. The van der Waals surface area contributed by atoms with Crippen LogP contribution in [0.15, 0.2) is 0 Å². The van der Waals surface area contributed by atoms with E-state index in [2.05, 4.69) is 0 Å². The van der Waals surface area contributed by atoms with E-state index in [1.165, 1.54) is 13.8 Å². The normalized spacial score (nSPS) is 17.5. The molecule has 26 heavy (non-hydrogen) atoms. The van der Waals surface area contributed by atoms with Crippen molar-refractivity contribution < 1.29 is 42.0 Å². The standard InChI is InChI=1S/C12H26O10S4/c1-5-19-23(13)11(3)21-25(15,16)9-7-8-10-26(17,18)22-12(4)24(14)20-6-2/h11-12H,5-10H2,1-4H3. The van der Waals surface area contributed by atoms with Gasteiger partial charge in [0, 0.05) is 0 Å². The highest BCUT2D eigenvalue weighted by molar-refractivity contribution is 7.88. The zero-order valence-electron chi connectivity index (χ0n) is 15.1. The van der Waals surface area contributed by atoms with Crippen molar-refractivity contribution in [1.29, 1.82) is 0 Å². The molecule has 0 saturated carbocycles. The van der Waals surface area contributed by atoms with E-state index in [0.717, 1.165) is 0 Å². The number of unbranched alkanes of at least 4 members (excludes halogenated alkanes) is 1. The first-order valence-electron chi connectivity index (χ1n) is 7.83. The summed E-state index contributed by atoms with van der Waals surface area (Å²) in [6.45, 7) is 6.08. The van der Waals surface area contributed by atoms with Gasteiger partial charge in [-0.3, -0.25) is 16.7 Å². The van der Waals surface area contributed by atoms with Crippen molar-refractivity contribution in [2.45, 2.75) is 51.4 Å². The van der Waals surface area contributed by atoms with Gasteiger partial charge in [0.1, 0.15) is 0 Å². The molecule has 0 amide bonds. The fraction of sp³-hybridized carbons (Fsp3) is 1.00. The molecule has 0 aliphatic rings. The Bertz CT molecular complexity index is 599. The van der Waals surface area contributed by atoms with Gasteiger partial charge in [-0.15, -0.1) is 0 Å². The molecule has 0 heterocycles. The monoisotopic (exact) mass is 458 g/mol. The minimum absolute atomic E-state index is 0.0121. The molecule has 0 N–H and O–H groups in total. The van der Waals surface area contributed by atoms with Crippen LogP contribution in [-0.4, -0.2) is 60.8 Å². The van der Waals surface area contributed by atoms with Crippen molar-refractivity contribution in [3.8, 4) is 0 Å². The summed E-state index contributed by atoms with van der Waals surface area (Å²) >= 11 is -3.81. The lowest BCUT2D eigenvalue weighted by Gasteiger charge is -2.13. The van der Waals surface area contributed by atoms with Crippen molar-refractivity contribution in [2.75, 3.05) is 24.7 Å². The Labute approximate surface area is 160 Å². The molecular weight excluding hydrogens is 432 g/mol. The lowest BCUT2D eigenvalue weighted by molar-refractivity contribution is 0.270. The molecule has 0 aliphatic heterocycles. The molecule has 10 nitrogen and oxygen atoms in total. The summed E-state index contributed by atoms with van der Waals surface area (Å²) in [5.41, 5.74) is -2.33. The van der Waals surface area contributed by atoms with Crippen LogP contribution < -0.4 is 0 Å². The average Bonchev–Trinajstić information content (AvgIpc) is 2.51. The first kappa shape index (κ1) is 26.0. The van der Waals surface area contributed by atoms with Crippen molar-refractivity contribution in [2.24, 2.45) is 0 Å². The van der Waals surface area contributed by atoms with Gasteiger partial charge in [-0.05, 0) is 40.5 Å². The molecule has 0 bridgehead atoms. The SMILES string of the molecule is CCOS(=O)C(C)OS(=O)(=O)CCCCS(=O)(=O)OC(C)S(=O)OCC. The predicted octanol–water partition coefficient (Wildman–Crippen LogP) is 0.552. The van der Waals surface area contributed by atoms with Crippen molar-refractivity contribution >= 4 is 42.4 Å². The van der Waals surface area contributed by atoms with Crippen LogP contribution in [-0.2, 0) is 59.1 Å². The molecule has 0 rings (SSSR count). The summed E-state index contributed by atoms with van der Waals surface area (Å²) in [4.78, 5) is 0. The van der Waals surface area contributed by atoms with Crippen molar-refractivity contribution in [3.05, 3.63) is 0 Å². The van der Waals surface area contributed by atoms with Gasteiger partial charge in [0.15, 0.2) is 33.0 Å². The molecule has 0 fully saturated rings. The molecule has 0 aromatic rings. The first-order chi connectivity index (χ1) is 11.9. The Hall–Kier alpha value is 0.0400. The van der Waals surface area contributed by atoms with Gasteiger partial charge in [-0.2, -0.15) is 16.8 Å². The minimum atomic E-state index is -3.98. The summed E-state index contributed by atoms with van der Waals surface area (Å²) < 4.78 is 88.9. The molecule has 0 radical (unpaired) electrons. The van der Waals surface area contributed by atoms with Gasteiger partial charge in [-0.1, -0.05) is 0 Å². The number of hydrogen-bond donors (Lipinski definition) is 0. The summed E-state index contributed by atoms with van der Waals surface area (Å²) in [5.74, 6) is -0.896. The maximum absolute atomic E-state index is 11.8. The Morgan fingerprint density at radius 1 is 0.731 bits per heavy atom. The van der Waals surface area contributed by atoms with E-state index in [4.69, 9.17) is 16.7 Å². The zero-order valence-corrected chi connectivity index (χ0v) is 18.4. The van der Waals surface area contributed by atoms with E-state index in [0.29, 0.717) is 0 Å². The molecule has 0 aromatic heterocycles. The quantitative estimate of drug-likeness (QED) is 0.252. The predicted molar refractivity (Wildman–Crippen MR) is 97.4 cm³/mol. The van der Waals surface area contributed by atoms with E-state index in [9.17, 15) is 25.3 Å². The fourth-order valence-electron chi connectivity index (χ4n) is 1.55. The average molecular weight is 459 g/mol. The Morgan fingerprint density at radius 2 is 1.04 bits per heavy atom. The van der Waals surface area contributed by atoms with Crippen molar-refractivity contribution in [3.63, 3.8) is 0 Å². The van der Waals surface area contributed by atoms with Gasteiger partial charge in [-0.25, -0.2) is 8.42 Å². The van der Waals surface area contributed by atoms with Crippen LogP contribution >= 0.6 is 0 Å². The Morgan fingerprint density at radius 3 is 1.31 bits per heavy atom. The van der Waals surface area contributed by atoms with Gasteiger partial charge in [0.2, 0.25) is 0 Å². The summed E-state index contributed by atoms with van der Waals surface area (Å²) in [6.07, 6.45) is -0.0241. The topological polar surface area (TPSA) is 139 Å². The highest BCUT2D eigenvalue weighted by Gasteiger charge is 2.23. The molecular formula is C12H26O10S4. The van der Waals surface area contributed by atoms with E-state index in [1.807, 2.05) is 0 Å². The largest absolute Gasteiger partial charge is 0.289 e. The summed E-state index contributed by atoms with van der Waals surface area (Å²) in [6, 6.07) is 0. The van der Waals surface area contributed by atoms with Crippen LogP contribution in [0.2, 0.25) is 0 Å². The molecule has 0 aromatic carbocycles. The van der Waals surface area contributed by atoms with E-state index in [-0.39, 0.29) is 26.1 Å². The van der Waals surface area contributed by atoms with E-state index < -0.39 is 64.8 Å². The molecule has 14 heteroatoms. The van der Waals surface area contributed by atoms with Crippen LogP contribution in [0.5, 0.6) is 0 Å². The smallest absolute Gasteiger partial charge is 0.268 e. The van der Waals surface area contributed by atoms with Crippen LogP contribution in [0.3, 0.4) is 0 Å². The third-order valence-corrected chi connectivity index (χ3v) is 7.81. The molecule has 0 spiro atoms. The van der Waals surface area contributed by atoms with Crippen LogP contribution in [0, 0.1) is 0 Å². The molecule has 4 unspecified atom stereocenters. The summed E-state index contributed by atoms with van der Waals surface area (Å²) in [5, 5.41) is 0. The third kappa shape index (κ3) is 11.7. The highest BCUT2D eigenvalue weighted by atomic mass is 32.2. The summed E-state index contributed by atoms with van der Waals surface area (Å²) in [7, 11) is -7.97. The molecule has 158 valence electrons. The van der Waals surface area contributed by atoms with Crippen LogP contribution in [0.25, 0.3) is 0 Å². The van der Waals surface area contributed by atoms with Crippen LogP contribution in [0.4, 0.5) is 0 Å². The zero-order chi connectivity index (χ0) is 20.4. The second-order valence-corrected chi connectivity index (χ2v) is 11.2. The van der Waals surface area contributed by atoms with Crippen LogP contribution in [0.1, 0.15) is 40.5 Å². The lowest BCUT2D eigenvalue weighted by atomic mass is 10.4. The molecule has 4 atom stereocenters. The molecule has 0 aliphatic carbocycles. The van der Waals surface area contributed by atoms with Gasteiger partial charge < -0.3 is 0 Å². The third-order valence-electron chi connectivity index (χ3n) is 2.61. The van der Waals surface area contributed by atoms with Gasteiger partial charge in [0.05, 0.1) is 24.7 Å². The maximum Gasteiger partial charge on any atom is 0.268 e. The maximum atomic E-state index is 11.8. The lowest BCUT2D eigenvalue weighted by Crippen LogP contribution is -2.24. The fourth-order valence-corrected chi connectivity index (χ4v) is 5.77. The van der Waals surface area contributed by atoms with E-state index in [1.54, 1.807) is 13.8 Å². The number of rotatable bonds is 15. The van der Waals surface area contributed by atoms with Gasteiger partial charge in [0.25, 0.3) is 20.2 Å².